The lowest BCUT2D eigenvalue weighted by Gasteiger charge is -2.22. The Hall–Kier alpha value is -3.87. The number of rotatable bonds is 9. The molecule has 1 atom stereocenters. The van der Waals surface area contributed by atoms with E-state index in [1.165, 1.54) is 40.6 Å². The Morgan fingerprint density at radius 2 is 1.55 bits per heavy atom. The first kappa shape index (κ1) is 23.8. The molecule has 0 saturated heterocycles. The number of halogens is 1. The Labute approximate surface area is 191 Å². The van der Waals surface area contributed by atoms with Gasteiger partial charge >= 0.3 is 5.97 Å². The fourth-order valence-electron chi connectivity index (χ4n) is 3.83. The maximum Gasteiger partial charge on any atom is 0.337 e. The largest absolute Gasteiger partial charge is 0.493 e. The Morgan fingerprint density at radius 1 is 0.909 bits per heavy atom. The van der Waals surface area contributed by atoms with E-state index in [1.54, 1.807) is 30.3 Å². The SMILES string of the molecule is COC(=O)c1ccc([C@@H](Cc2cc(OC)c(OC)c(OC)c2)c2ccc(F)cc2C=O)cc1. The smallest absolute Gasteiger partial charge is 0.337 e. The van der Waals surface area contributed by atoms with E-state index in [0.717, 1.165) is 11.1 Å². The molecule has 7 heteroatoms. The van der Waals surface area contributed by atoms with Crippen LogP contribution in [-0.2, 0) is 11.2 Å². The zero-order valence-electron chi connectivity index (χ0n) is 18.9. The number of benzene rings is 3. The lowest BCUT2D eigenvalue weighted by Crippen LogP contribution is -2.10. The van der Waals surface area contributed by atoms with Crippen molar-refractivity contribution in [2.75, 3.05) is 28.4 Å². The molecule has 0 N–H and O–H groups in total. The monoisotopic (exact) mass is 452 g/mol. The minimum absolute atomic E-state index is 0.254. The van der Waals surface area contributed by atoms with Gasteiger partial charge in [-0.05, 0) is 59.5 Å². The number of hydrogen-bond acceptors (Lipinski definition) is 6. The first-order valence-electron chi connectivity index (χ1n) is 10.2. The van der Waals surface area contributed by atoms with Crippen molar-refractivity contribution >= 4 is 12.3 Å². The van der Waals surface area contributed by atoms with Crippen molar-refractivity contribution in [2.24, 2.45) is 0 Å². The number of methoxy groups -OCH3 is 4. The summed E-state index contributed by atoms with van der Waals surface area (Å²) in [6.07, 6.45) is 1.09. The van der Waals surface area contributed by atoms with Crippen molar-refractivity contribution in [3.8, 4) is 17.2 Å². The number of aldehydes is 1. The lowest BCUT2D eigenvalue weighted by atomic mass is 9.83. The van der Waals surface area contributed by atoms with Gasteiger partial charge in [0.25, 0.3) is 0 Å². The highest BCUT2D eigenvalue weighted by Crippen LogP contribution is 2.40. The maximum atomic E-state index is 13.8. The second kappa shape index (κ2) is 10.6. The number of hydrogen-bond donors (Lipinski definition) is 0. The van der Waals surface area contributed by atoms with Gasteiger partial charge < -0.3 is 18.9 Å². The molecule has 3 aromatic carbocycles. The minimum Gasteiger partial charge on any atom is -0.493 e. The molecular formula is C26H25FO6. The second-order valence-electron chi connectivity index (χ2n) is 7.29. The molecule has 0 aliphatic heterocycles. The van der Waals surface area contributed by atoms with Gasteiger partial charge in [0.15, 0.2) is 11.5 Å². The predicted molar refractivity (Wildman–Crippen MR) is 121 cm³/mol. The topological polar surface area (TPSA) is 71.1 Å². The molecule has 3 rings (SSSR count). The minimum atomic E-state index is -0.492. The van der Waals surface area contributed by atoms with Crippen LogP contribution in [0.2, 0.25) is 0 Å². The van der Waals surface area contributed by atoms with Gasteiger partial charge in [0.1, 0.15) is 12.1 Å². The molecule has 0 amide bonds. The molecule has 0 spiro atoms. The van der Waals surface area contributed by atoms with Gasteiger partial charge in [-0.3, -0.25) is 4.79 Å². The van der Waals surface area contributed by atoms with Gasteiger partial charge in [0.05, 0.1) is 34.0 Å². The second-order valence-corrected chi connectivity index (χ2v) is 7.29. The average Bonchev–Trinajstić information content (AvgIpc) is 2.86. The van der Waals surface area contributed by atoms with E-state index >= 15 is 0 Å². The summed E-state index contributed by atoms with van der Waals surface area (Å²) in [6, 6.07) is 14.7. The molecule has 172 valence electrons. The van der Waals surface area contributed by atoms with Crippen LogP contribution in [0.15, 0.2) is 54.6 Å². The fraction of sp³-hybridized carbons (Fsp3) is 0.231. The summed E-state index contributed by atoms with van der Waals surface area (Å²) in [4.78, 5) is 23.6. The third kappa shape index (κ3) is 5.14. The summed E-state index contributed by atoms with van der Waals surface area (Å²) >= 11 is 0. The summed E-state index contributed by atoms with van der Waals surface area (Å²) in [7, 11) is 5.92. The molecule has 0 aromatic heterocycles. The highest BCUT2D eigenvalue weighted by molar-refractivity contribution is 5.89. The lowest BCUT2D eigenvalue weighted by molar-refractivity contribution is 0.0600. The molecule has 0 unspecified atom stereocenters. The Morgan fingerprint density at radius 3 is 2.06 bits per heavy atom. The van der Waals surface area contributed by atoms with Gasteiger partial charge in [-0.2, -0.15) is 0 Å². The van der Waals surface area contributed by atoms with Crippen LogP contribution in [0, 0.1) is 5.82 Å². The van der Waals surface area contributed by atoms with E-state index in [-0.39, 0.29) is 11.5 Å². The van der Waals surface area contributed by atoms with E-state index in [1.807, 2.05) is 12.1 Å². The van der Waals surface area contributed by atoms with Crippen molar-refractivity contribution < 1.29 is 32.9 Å². The van der Waals surface area contributed by atoms with Crippen molar-refractivity contribution in [1.29, 1.82) is 0 Å². The van der Waals surface area contributed by atoms with E-state index < -0.39 is 11.8 Å². The van der Waals surface area contributed by atoms with Crippen molar-refractivity contribution in [1.82, 2.24) is 0 Å². The highest BCUT2D eigenvalue weighted by atomic mass is 19.1. The summed E-state index contributed by atoms with van der Waals surface area (Å²) in [5.41, 5.74) is 3.01. The van der Waals surface area contributed by atoms with Crippen LogP contribution in [0.5, 0.6) is 17.2 Å². The highest BCUT2D eigenvalue weighted by Gasteiger charge is 2.22. The maximum absolute atomic E-state index is 13.8. The van der Waals surface area contributed by atoms with Gasteiger partial charge in [0, 0.05) is 11.5 Å². The first-order valence-corrected chi connectivity index (χ1v) is 10.2. The van der Waals surface area contributed by atoms with Gasteiger partial charge in [-0.25, -0.2) is 9.18 Å². The molecule has 0 heterocycles. The number of ether oxygens (including phenoxy) is 4. The third-order valence-electron chi connectivity index (χ3n) is 5.45. The summed E-state index contributed by atoms with van der Waals surface area (Å²) in [6.45, 7) is 0. The van der Waals surface area contributed by atoms with E-state index in [4.69, 9.17) is 18.9 Å². The number of carbonyl (C=O) groups is 2. The van der Waals surface area contributed by atoms with Crippen molar-refractivity contribution in [3.05, 3.63) is 88.2 Å². The molecule has 0 bridgehead atoms. The van der Waals surface area contributed by atoms with Crippen LogP contribution >= 0.6 is 0 Å². The Kier molecular flexibility index (Phi) is 7.66. The first-order chi connectivity index (χ1) is 15.9. The normalized spacial score (nSPS) is 11.4. The van der Waals surface area contributed by atoms with Gasteiger partial charge in [-0.1, -0.05) is 18.2 Å². The van der Waals surface area contributed by atoms with Crippen LogP contribution < -0.4 is 14.2 Å². The van der Waals surface area contributed by atoms with E-state index in [9.17, 15) is 14.0 Å². The van der Waals surface area contributed by atoms with Gasteiger partial charge in [-0.15, -0.1) is 0 Å². The standard InChI is InChI=1S/C26H25FO6/c1-30-23-12-16(13-24(31-2)25(23)32-3)11-22(21-10-9-20(27)14-19(21)15-28)17-5-7-18(8-6-17)26(29)33-4/h5-10,12-15,22H,11H2,1-4H3/t22-/m1/s1. The van der Waals surface area contributed by atoms with Crippen LogP contribution in [0.3, 0.4) is 0 Å². The van der Waals surface area contributed by atoms with Crippen LogP contribution in [0.25, 0.3) is 0 Å². The quantitative estimate of drug-likeness (QED) is 0.342. The average molecular weight is 452 g/mol. The Balaban J connectivity index is 2.12. The molecule has 0 saturated carbocycles. The van der Waals surface area contributed by atoms with Crippen LogP contribution in [0.4, 0.5) is 4.39 Å². The van der Waals surface area contributed by atoms with E-state index in [0.29, 0.717) is 41.1 Å². The molecule has 0 fully saturated rings. The number of esters is 1. The molecule has 0 aliphatic carbocycles. The summed E-state index contributed by atoms with van der Waals surface area (Å²) < 4.78 is 34.9. The molecule has 33 heavy (non-hydrogen) atoms. The third-order valence-corrected chi connectivity index (χ3v) is 5.45. The Bertz CT molecular complexity index is 1120. The van der Waals surface area contributed by atoms with Crippen LogP contribution in [0.1, 0.15) is 43.3 Å². The van der Waals surface area contributed by atoms with Crippen molar-refractivity contribution in [2.45, 2.75) is 12.3 Å². The van der Waals surface area contributed by atoms with Crippen LogP contribution in [-0.4, -0.2) is 40.7 Å². The zero-order chi connectivity index (χ0) is 24.0. The predicted octanol–water partition coefficient (Wildman–Crippen LogP) is 4.83. The fourth-order valence-corrected chi connectivity index (χ4v) is 3.83. The zero-order valence-corrected chi connectivity index (χ0v) is 18.9. The summed E-state index contributed by atoms with van der Waals surface area (Å²) in [5.74, 6) is 0.215. The van der Waals surface area contributed by atoms with Gasteiger partial charge in [0.2, 0.25) is 5.75 Å². The molecule has 0 radical (unpaired) electrons. The molecule has 0 aliphatic rings. The number of carbonyl (C=O) groups excluding carboxylic acids is 2. The van der Waals surface area contributed by atoms with E-state index in [2.05, 4.69) is 0 Å². The summed E-state index contributed by atoms with van der Waals surface area (Å²) in [5, 5.41) is 0. The van der Waals surface area contributed by atoms with Crippen molar-refractivity contribution in [3.63, 3.8) is 0 Å². The molecule has 3 aromatic rings. The molecular weight excluding hydrogens is 427 g/mol. The molecule has 6 nitrogen and oxygen atoms in total.